The predicted octanol–water partition coefficient (Wildman–Crippen LogP) is 3.14. The summed E-state index contributed by atoms with van der Waals surface area (Å²) in [7, 11) is 1.62. The summed E-state index contributed by atoms with van der Waals surface area (Å²) in [6.45, 7) is 1.00. The van der Waals surface area contributed by atoms with E-state index in [1.165, 1.54) is 24.3 Å². The fraction of sp³-hybridized carbons (Fsp3) is 0.278. The molecule has 2 atom stereocenters. The van der Waals surface area contributed by atoms with Crippen LogP contribution in [0.15, 0.2) is 48.5 Å². The van der Waals surface area contributed by atoms with Crippen LogP contribution in [0.25, 0.3) is 0 Å². The molecule has 1 aliphatic heterocycles. The Bertz CT molecular complexity index is 688. The summed E-state index contributed by atoms with van der Waals surface area (Å²) in [5.41, 5.74) is 1.62. The number of rotatable bonds is 4. The highest BCUT2D eigenvalue weighted by Gasteiger charge is 2.30. The summed E-state index contributed by atoms with van der Waals surface area (Å²) in [6.07, 6.45) is 0. The van der Waals surface area contributed by atoms with Gasteiger partial charge in [-0.2, -0.15) is 0 Å². The molecule has 126 valence electrons. The maximum atomic E-state index is 12.9. The Balaban J connectivity index is 1.62. The Labute approximate surface area is 139 Å². The molecule has 2 N–H and O–H groups in total. The van der Waals surface area contributed by atoms with Gasteiger partial charge in [-0.1, -0.05) is 12.1 Å². The lowest BCUT2D eigenvalue weighted by Gasteiger charge is -2.20. The van der Waals surface area contributed by atoms with Gasteiger partial charge in [0.2, 0.25) is 0 Å². The van der Waals surface area contributed by atoms with Crippen molar-refractivity contribution in [2.24, 2.45) is 0 Å². The van der Waals surface area contributed by atoms with E-state index in [4.69, 9.17) is 9.47 Å². The molecular weight excluding hydrogens is 311 g/mol. The van der Waals surface area contributed by atoms with Crippen LogP contribution in [0.2, 0.25) is 0 Å². The van der Waals surface area contributed by atoms with Gasteiger partial charge in [-0.15, -0.1) is 0 Å². The molecule has 2 aromatic rings. The SMILES string of the molecule is COc1ccc([C@@H]2COCC2NC(=O)Nc2ccc(F)cc2)cc1. The lowest BCUT2D eigenvalue weighted by Crippen LogP contribution is -2.41. The van der Waals surface area contributed by atoms with Crippen molar-refractivity contribution < 1.29 is 18.7 Å². The highest BCUT2D eigenvalue weighted by atomic mass is 19.1. The molecule has 1 fully saturated rings. The number of anilines is 1. The third kappa shape index (κ3) is 3.83. The molecule has 1 heterocycles. The summed E-state index contributed by atoms with van der Waals surface area (Å²) in [4.78, 5) is 12.1. The molecule has 24 heavy (non-hydrogen) atoms. The fourth-order valence-corrected chi connectivity index (χ4v) is 2.74. The number of hydrogen-bond acceptors (Lipinski definition) is 3. The van der Waals surface area contributed by atoms with Gasteiger partial charge in [-0.3, -0.25) is 0 Å². The Morgan fingerprint density at radius 2 is 1.83 bits per heavy atom. The third-order valence-corrected chi connectivity index (χ3v) is 4.04. The summed E-state index contributed by atoms with van der Waals surface area (Å²) < 4.78 is 23.6. The van der Waals surface area contributed by atoms with Gasteiger partial charge in [0, 0.05) is 11.6 Å². The molecule has 0 aromatic heterocycles. The second-order valence-corrected chi connectivity index (χ2v) is 5.63. The Kier molecular flexibility index (Phi) is 4.96. The first-order valence-corrected chi connectivity index (χ1v) is 7.70. The molecule has 0 saturated carbocycles. The van der Waals surface area contributed by atoms with Crippen molar-refractivity contribution in [3.63, 3.8) is 0 Å². The molecule has 0 bridgehead atoms. The van der Waals surface area contributed by atoms with E-state index in [-0.39, 0.29) is 23.8 Å². The number of carbonyl (C=O) groups is 1. The monoisotopic (exact) mass is 330 g/mol. The van der Waals surface area contributed by atoms with E-state index in [2.05, 4.69) is 10.6 Å². The minimum Gasteiger partial charge on any atom is -0.497 e. The topological polar surface area (TPSA) is 59.6 Å². The minimum absolute atomic E-state index is 0.0786. The van der Waals surface area contributed by atoms with Crippen LogP contribution in [0.5, 0.6) is 5.75 Å². The van der Waals surface area contributed by atoms with Crippen molar-refractivity contribution >= 4 is 11.7 Å². The minimum atomic E-state index is -0.343. The van der Waals surface area contributed by atoms with Crippen LogP contribution in [-0.4, -0.2) is 32.4 Å². The molecular formula is C18H19FN2O3. The van der Waals surface area contributed by atoms with E-state index < -0.39 is 0 Å². The normalized spacial score (nSPS) is 19.8. The molecule has 1 unspecified atom stereocenters. The highest BCUT2D eigenvalue weighted by molar-refractivity contribution is 5.89. The average molecular weight is 330 g/mol. The van der Waals surface area contributed by atoms with Crippen molar-refractivity contribution in [3.05, 3.63) is 59.9 Å². The number of methoxy groups -OCH3 is 1. The first kappa shape index (κ1) is 16.3. The standard InChI is InChI=1S/C18H19FN2O3/c1-23-15-8-2-12(3-9-15)16-10-24-11-17(16)21-18(22)20-14-6-4-13(19)5-7-14/h2-9,16-17H,10-11H2,1H3,(H2,20,21,22)/t16-,17?/m0/s1. The molecule has 1 saturated heterocycles. The van der Waals surface area contributed by atoms with Crippen LogP contribution in [-0.2, 0) is 4.74 Å². The molecule has 2 aromatic carbocycles. The molecule has 0 radical (unpaired) electrons. The number of amides is 2. The summed E-state index contributed by atoms with van der Waals surface area (Å²) in [6, 6.07) is 12.9. The summed E-state index contributed by atoms with van der Waals surface area (Å²) in [5.74, 6) is 0.524. The van der Waals surface area contributed by atoms with Gasteiger partial charge in [0.1, 0.15) is 11.6 Å². The van der Waals surface area contributed by atoms with E-state index in [0.717, 1.165) is 11.3 Å². The smallest absolute Gasteiger partial charge is 0.319 e. The number of halogens is 1. The van der Waals surface area contributed by atoms with Crippen LogP contribution in [0.4, 0.5) is 14.9 Å². The maximum Gasteiger partial charge on any atom is 0.319 e. The average Bonchev–Trinajstić information content (AvgIpc) is 3.05. The first-order valence-electron chi connectivity index (χ1n) is 7.70. The van der Waals surface area contributed by atoms with Crippen LogP contribution in [0, 0.1) is 5.82 Å². The van der Waals surface area contributed by atoms with Gasteiger partial charge >= 0.3 is 6.03 Å². The third-order valence-electron chi connectivity index (χ3n) is 4.04. The molecule has 1 aliphatic rings. The zero-order valence-electron chi connectivity index (χ0n) is 13.3. The molecule has 3 rings (SSSR count). The van der Waals surface area contributed by atoms with Crippen LogP contribution in [0.3, 0.4) is 0 Å². The van der Waals surface area contributed by atoms with Gasteiger partial charge in [0.25, 0.3) is 0 Å². The van der Waals surface area contributed by atoms with E-state index in [0.29, 0.717) is 18.9 Å². The predicted molar refractivity (Wildman–Crippen MR) is 88.9 cm³/mol. The zero-order valence-corrected chi connectivity index (χ0v) is 13.3. The van der Waals surface area contributed by atoms with Crippen molar-refractivity contribution in [2.75, 3.05) is 25.6 Å². The molecule has 6 heteroatoms. The van der Waals surface area contributed by atoms with Gasteiger partial charge in [0.15, 0.2) is 0 Å². The number of ether oxygens (including phenoxy) is 2. The van der Waals surface area contributed by atoms with Gasteiger partial charge in [-0.05, 0) is 42.0 Å². The van der Waals surface area contributed by atoms with Crippen molar-refractivity contribution in [2.45, 2.75) is 12.0 Å². The fourth-order valence-electron chi connectivity index (χ4n) is 2.74. The van der Waals surface area contributed by atoms with Crippen molar-refractivity contribution in [1.82, 2.24) is 5.32 Å². The van der Waals surface area contributed by atoms with E-state index in [9.17, 15) is 9.18 Å². The molecule has 2 amide bonds. The van der Waals surface area contributed by atoms with E-state index in [1.807, 2.05) is 24.3 Å². The van der Waals surface area contributed by atoms with E-state index >= 15 is 0 Å². The quantitative estimate of drug-likeness (QED) is 0.905. The van der Waals surface area contributed by atoms with Crippen molar-refractivity contribution in [3.8, 4) is 5.75 Å². The second-order valence-electron chi connectivity index (χ2n) is 5.63. The lowest BCUT2D eigenvalue weighted by atomic mass is 9.94. The first-order chi connectivity index (χ1) is 11.7. The van der Waals surface area contributed by atoms with Crippen LogP contribution in [0.1, 0.15) is 11.5 Å². The molecule has 0 aliphatic carbocycles. The summed E-state index contributed by atoms with van der Waals surface area (Å²) in [5, 5.41) is 5.61. The Morgan fingerprint density at radius 3 is 2.50 bits per heavy atom. The zero-order chi connectivity index (χ0) is 16.9. The highest BCUT2D eigenvalue weighted by Crippen LogP contribution is 2.27. The van der Waals surface area contributed by atoms with Crippen LogP contribution >= 0.6 is 0 Å². The number of hydrogen-bond donors (Lipinski definition) is 2. The van der Waals surface area contributed by atoms with Gasteiger partial charge < -0.3 is 20.1 Å². The maximum absolute atomic E-state index is 12.9. The lowest BCUT2D eigenvalue weighted by molar-refractivity contribution is 0.187. The Morgan fingerprint density at radius 1 is 1.12 bits per heavy atom. The second kappa shape index (κ2) is 7.31. The number of nitrogens with one attached hydrogen (secondary N) is 2. The van der Waals surface area contributed by atoms with Crippen molar-refractivity contribution in [1.29, 1.82) is 0 Å². The van der Waals surface area contributed by atoms with Crippen LogP contribution < -0.4 is 15.4 Å². The van der Waals surface area contributed by atoms with E-state index in [1.54, 1.807) is 7.11 Å². The largest absolute Gasteiger partial charge is 0.497 e. The van der Waals surface area contributed by atoms with Gasteiger partial charge in [-0.25, -0.2) is 9.18 Å². The number of benzene rings is 2. The number of carbonyl (C=O) groups excluding carboxylic acids is 1. The molecule has 0 spiro atoms. The van der Waals surface area contributed by atoms with Gasteiger partial charge in [0.05, 0.1) is 26.4 Å². The Hall–Kier alpha value is -2.60. The molecule has 5 nitrogen and oxygen atoms in total. The summed E-state index contributed by atoms with van der Waals surface area (Å²) >= 11 is 0. The number of urea groups is 1.